The molecule has 72 valence electrons. The Morgan fingerprint density at radius 3 is 2.33 bits per heavy atom. The molecule has 0 aliphatic carbocycles. The minimum Gasteiger partial charge on any atom is -0.393 e. The van der Waals surface area contributed by atoms with Crippen molar-refractivity contribution >= 4 is 27.2 Å². The molecule has 2 N–H and O–H groups in total. The quantitative estimate of drug-likeness (QED) is 0.653. The number of hydrogen-bond acceptors (Lipinski definition) is 3. The van der Waals surface area contributed by atoms with Crippen LogP contribution in [0.4, 0.5) is 0 Å². The highest BCUT2D eigenvalue weighted by molar-refractivity contribution is 7.88. The van der Waals surface area contributed by atoms with Crippen LogP contribution >= 0.6 is 12.2 Å². The van der Waals surface area contributed by atoms with Gasteiger partial charge < -0.3 is 5.73 Å². The zero-order valence-electron chi connectivity index (χ0n) is 7.44. The monoisotopic (exact) mass is 210 g/mol. The van der Waals surface area contributed by atoms with Gasteiger partial charge in [-0.15, -0.1) is 0 Å². The zero-order valence-corrected chi connectivity index (χ0v) is 9.08. The highest BCUT2D eigenvalue weighted by atomic mass is 32.2. The zero-order chi connectivity index (χ0) is 9.94. The lowest BCUT2D eigenvalue weighted by molar-refractivity contribution is 0.450. The third kappa shape index (κ3) is 3.99. The fourth-order valence-electron chi connectivity index (χ4n) is 0.611. The second-order valence-electron chi connectivity index (χ2n) is 2.85. The number of hydrogen-bond donors (Lipinski definition) is 1. The fraction of sp³-hybridized carbons (Fsp3) is 0.833. The summed E-state index contributed by atoms with van der Waals surface area (Å²) in [5.41, 5.74) is 5.34. The molecule has 0 amide bonds. The molecule has 6 heteroatoms. The van der Waals surface area contributed by atoms with Gasteiger partial charge >= 0.3 is 0 Å². The molecule has 1 atom stereocenters. The van der Waals surface area contributed by atoms with E-state index in [1.807, 2.05) is 0 Å². The molecule has 0 fully saturated rings. The molecule has 0 saturated carbocycles. The Balaban J connectivity index is 4.20. The molecule has 4 nitrogen and oxygen atoms in total. The first-order valence-electron chi connectivity index (χ1n) is 3.45. The first-order chi connectivity index (χ1) is 5.25. The molecule has 0 bridgehead atoms. The molecule has 0 radical (unpaired) electrons. The van der Waals surface area contributed by atoms with Crippen LogP contribution in [-0.2, 0) is 10.0 Å². The summed E-state index contributed by atoms with van der Waals surface area (Å²) in [5.74, 6) is -0.0836. The van der Waals surface area contributed by atoms with Gasteiger partial charge in [-0.1, -0.05) is 19.1 Å². The minimum atomic E-state index is -3.11. The van der Waals surface area contributed by atoms with E-state index in [0.717, 1.165) is 6.26 Å². The van der Waals surface area contributed by atoms with Crippen molar-refractivity contribution in [1.29, 1.82) is 0 Å². The summed E-state index contributed by atoms with van der Waals surface area (Å²) < 4.78 is 23.1. The lowest BCUT2D eigenvalue weighted by Crippen LogP contribution is -2.34. The van der Waals surface area contributed by atoms with Gasteiger partial charge in [0.05, 0.1) is 11.2 Å². The maximum Gasteiger partial charge on any atom is 0.210 e. The largest absolute Gasteiger partial charge is 0.393 e. The van der Waals surface area contributed by atoms with E-state index in [1.165, 1.54) is 11.4 Å². The predicted octanol–water partition coefficient (Wildman–Crippen LogP) is -0.200. The lowest BCUT2D eigenvalue weighted by Gasteiger charge is -2.17. The van der Waals surface area contributed by atoms with Crippen molar-refractivity contribution in [3.8, 4) is 0 Å². The first-order valence-corrected chi connectivity index (χ1v) is 5.71. The molecule has 0 rings (SSSR count). The van der Waals surface area contributed by atoms with Gasteiger partial charge in [0.2, 0.25) is 10.0 Å². The Labute approximate surface area is 78.8 Å². The van der Waals surface area contributed by atoms with Crippen LogP contribution in [0.5, 0.6) is 0 Å². The van der Waals surface area contributed by atoms with Crippen molar-refractivity contribution in [2.75, 3.05) is 19.8 Å². The average molecular weight is 210 g/mol. The Morgan fingerprint density at radius 2 is 2.08 bits per heavy atom. The van der Waals surface area contributed by atoms with Gasteiger partial charge in [-0.3, -0.25) is 0 Å². The molecular formula is C6H14N2O2S2. The van der Waals surface area contributed by atoms with Gasteiger partial charge in [0.25, 0.3) is 0 Å². The summed E-state index contributed by atoms with van der Waals surface area (Å²) in [6, 6.07) is 0. The average Bonchev–Trinajstić information content (AvgIpc) is 1.85. The van der Waals surface area contributed by atoms with Crippen molar-refractivity contribution in [2.45, 2.75) is 6.92 Å². The lowest BCUT2D eigenvalue weighted by atomic mass is 10.2. The number of sulfonamides is 1. The molecule has 0 aliphatic rings. The summed E-state index contributed by atoms with van der Waals surface area (Å²) in [6.45, 7) is 2.14. The summed E-state index contributed by atoms with van der Waals surface area (Å²) in [6.07, 6.45) is 1.15. The molecule has 1 unspecified atom stereocenters. The van der Waals surface area contributed by atoms with E-state index in [1.54, 1.807) is 6.92 Å². The van der Waals surface area contributed by atoms with E-state index in [2.05, 4.69) is 0 Å². The highest BCUT2D eigenvalue weighted by Gasteiger charge is 2.15. The number of nitrogens with zero attached hydrogens (tertiary/aromatic N) is 1. The molecule has 0 aromatic heterocycles. The van der Waals surface area contributed by atoms with E-state index in [4.69, 9.17) is 18.0 Å². The Bertz CT molecular complexity index is 261. The number of rotatable bonds is 4. The summed E-state index contributed by atoms with van der Waals surface area (Å²) >= 11 is 4.72. The molecule has 0 aliphatic heterocycles. The topological polar surface area (TPSA) is 63.4 Å². The smallest absolute Gasteiger partial charge is 0.210 e. The van der Waals surface area contributed by atoms with Gasteiger partial charge in [0, 0.05) is 19.5 Å². The van der Waals surface area contributed by atoms with Gasteiger partial charge in [-0.2, -0.15) is 0 Å². The highest BCUT2D eigenvalue weighted by Crippen LogP contribution is 2.01. The summed E-state index contributed by atoms with van der Waals surface area (Å²) in [4.78, 5) is 0.338. The fourth-order valence-corrected chi connectivity index (χ4v) is 1.18. The van der Waals surface area contributed by atoms with E-state index in [-0.39, 0.29) is 5.92 Å². The number of nitrogens with two attached hydrogens (primary N) is 1. The van der Waals surface area contributed by atoms with Gasteiger partial charge in [0.15, 0.2) is 0 Å². The Morgan fingerprint density at radius 1 is 1.67 bits per heavy atom. The van der Waals surface area contributed by atoms with Gasteiger partial charge in [-0.05, 0) is 0 Å². The predicted molar refractivity (Wildman–Crippen MR) is 53.4 cm³/mol. The molecule has 0 heterocycles. The van der Waals surface area contributed by atoms with Crippen LogP contribution < -0.4 is 5.73 Å². The molecule has 0 aromatic rings. The van der Waals surface area contributed by atoms with Crippen LogP contribution in [0.3, 0.4) is 0 Å². The van der Waals surface area contributed by atoms with Crippen LogP contribution in [0.15, 0.2) is 0 Å². The molecule has 0 spiro atoms. The van der Waals surface area contributed by atoms with E-state index in [9.17, 15) is 8.42 Å². The van der Waals surface area contributed by atoms with E-state index >= 15 is 0 Å². The second-order valence-corrected chi connectivity index (χ2v) is 5.41. The van der Waals surface area contributed by atoms with E-state index < -0.39 is 10.0 Å². The Kier molecular flexibility index (Phi) is 4.09. The standard InChI is InChI=1S/C6H14N2O2S2/c1-5(6(7)11)4-8(2)12(3,9)10/h5H,4H2,1-3H3,(H2,7,11). The molecule has 0 saturated heterocycles. The summed E-state index contributed by atoms with van der Waals surface area (Å²) in [5, 5.41) is 0. The molecule has 0 aromatic carbocycles. The SMILES string of the molecule is CC(CN(C)S(C)(=O)=O)C(N)=S. The molecular weight excluding hydrogens is 196 g/mol. The van der Waals surface area contributed by atoms with Crippen molar-refractivity contribution in [1.82, 2.24) is 4.31 Å². The van der Waals surface area contributed by atoms with Crippen LogP contribution in [0.1, 0.15) is 6.92 Å². The third-order valence-corrected chi connectivity index (χ3v) is 3.27. The van der Waals surface area contributed by atoms with Gasteiger partial charge in [0.1, 0.15) is 0 Å². The minimum absolute atomic E-state index is 0.0836. The Hall–Kier alpha value is -0.200. The summed E-state index contributed by atoms with van der Waals surface area (Å²) in [7, 11) is -1.61. The van der Waals surface area contributed by atoms with Crippen molar-refractivity contribution in [2.24, 2.45) is 11.7 Å². The normalized spacial score (nSPS) is 14.7. The van der Waals surface area contributed by atoms with Crippen molar-refractivity contribution < 1.29 is 8.42 Å². The second kappa shape index (κ2) is 4.15. The van der Waals surface area contributed by atoms with Gasteiger partial charge in [-0.25, -0.2) is 12.7 Å². The van der Waals surface area contributed by atoms with Crippen LogP contribution in [-0.4, -0.2) is 37.6 Å². The maximum atomic E-state index is 10.9. The first kappa shape index (κ1) is 11.8. The molecule has 12 heavy (non-hydrogen) atoms. The van der Waals surface area contributed by atoms with Crippen LogP contribution in [0.2, 0.25) is 0 Å². The van der Waals surface area contributed by atoms with Crippen molar-refractivity contribution in [3.63, 3.8) is 0 Å². The third-order valence-electron chi connectivity index (χ3n) is 1.58. The van der Waals surface area contributed by atoms with E-state index in [0.29, 0.717) is 11.5 Å². The van der Waals surface area contributed by atoms with Crippen molar-refractivity contribution in [3.05, 3.63) is 0 Å². The maximum absolute atomic E-state index is 10.9. The van der Waals surface area contributed by atoms with Crippen LogP contribution in [0.25, 0.3) is 0 Å². The number of thiocarbonyl (C=S) groups is 1. The van der Waals surface area contributed by atoms with Crippen LogP contribution in [0, 0.1) is 5.92 Å².